The van der Waals surface area contributed by atoms with Crippen LogP contribution in [-0.4, -0.2) is 42.0 Å². The molecule has 2 aromatic heterocycles. The monoisotopic (exact) mass is 297 g/mol. The summed E-state index contributed by atoms with van der Waals surface area (Å²) in [6, 6.07) is 7.44. The molecule has 5 heteroatoms. The smallest absolute Gasteiger partial charge is 0.255 e. The first kappa shape index (κ1) is 13.5. The third-order valence-electron chi connectivity index (χ3n) is 4.77. The summed E-state index contributed by atoms with van der Waals surface area (Å²) in [5.41, 5.74) is 2.22. The largest absolute Gasteiger partial charge is 0.463 e. The second kappa shape index (κ2) is 5.25. The molecule has 2 atom stereocenters. The van der Waals surface area contributed by atoms with Crippen molar-refractivity contribution in [1.82, 2.24) is 15.2 Å². The molecule has 2 saturated heterocycles. The van der Waals surface area contributed by atoms with Crippen molar-refractivity contribution in [1.29, 1.82) is 0 Å². The molecule has 2 fully saturated rings. The maximum atomic E-state index is 12.7. The van der Waals surface area contributed by atoms with Gasteiger partial charge in [0.1, 0.15) is 5.69 Å². The minimum atomic E-state index is 0.102. The summed E-state index contributed by atoms with van der Waals surface area (Å²) in [6.07, 6.45) is 1.63. The molecule has 2 aromatic rings. The van der Waals surface area contributed by atoms with Crippen molar-refractivity contribution < 1.29 is 9.21 Å². The maximum Gasteiger partial charge on any atom is 0.255 e. The highest BCUT2D eigenvalue weighted by atomic mass is 16.3. The average Bonchev–Trinajstić information content (AvgIpc) is 3.22. The lowest BCUT2D eigenvalue weighted by atomic mass is 10.0. The lowest BCUT2D eigenvalue weighted by Crippen LogP contribution is -2.32. The van der Waals surface area contributed by atoms with Crippen molar-refractivity contribution in [2.24, 2.45) is 11.8 Å². The van der Waals surface area contributed by atoms with Gasteiger partial charge in [0.05, 0.1) is 17.5 Å². The van der Waals surface area contributed by atoms with Crippen LogP contribution in [0.15, 0.2) is 34.9 Å². The van der Waals surface area contributed by atoms with Crippen molar-refractivity contribution >= 4 is 5.91 Å². The summed E-state index contributed by atoms with van der Waals surface area (Å²) in [6.45, 7) is 5.66. The van der Waals surface area contributed by atoms with Gasteiger partial charge in [-0.3, -0.25) is 4.79 Å². The fourth-order valence-corrected chi connectivity index (χ4v) is 3.54. The number of aromatic nitrogens is 1. The zero-order valence-corrected chi connectivity index (χ0v) is 12.6. The van der Waals surface area contributed by atoms with Crippen LogP contribution >= 0.6 is 0 Å². The topological polar surface area (TPSA) is 58.4 Å². The van der Waals surface area contributed by atoms with Crippen molar-refractivity contribution in [2.45, 2.75) is 6.92 Å². The molecule has 4 heterocycles. The normalized spacial score (nSPS) is 23.8. The van der Waals surface area contributed by atoms with E-state index in [0.29, 0.717) is 17.4 Å². The van der Waals surface area contributed by atoms with E-state index in [4.69, 9.17) is 4.42 Å². The number of hydrogen-bond donors (Lipinski definition) is 1. The number of carbonyl (C=O) groups excluding carboxylic acids is 1. The van der Waals surface area contributed by atoms with Crippen molar-refractivity contribution in [3.8, 4) is 11.5 Å². The van der Waals surface area contributed by atoms with E-state index in [1.807, 2.05) is 36.1 Å². The Labute approximate surface area is 129 Å². The highest BCUT2D eigenvalue weighted by Gasteiger charge is 2.38. The molecule has 2 aliphatic heterocycles. The number of aryl methyl sites for hydroxylation is 1. The lowest BCUT2D eigenvalue weighted by Gasteiger charge is -2.18. The third kappa shape index (κ3) is 2.22. The van der Waals surface area contributed by atoms with Crippen LogP contribution in [0.5, 0.6) is 0 Å². The van der Waals surface area contributed by atoms with Crippen molar-refractivity contribution in [3.05, 3.63) is 41.8 Å². The summed E-state index contributed by atoms with van der Waals surface area (Å²) in [5.74, 6) is 2.05. The SMILES string of the molecule is Cc1nc(-c2ccco2)ccc1C(=O)N1C[C@H]2CNC[C@H]2C1. The van der Waals surface area contributed by atoms with Gasteiger partial charge in [0.15, 0.2) is 5.76 Å². The molecule has 0 saturated carbocycles. The minimum Gasteiger partial charge on any atom is -0.463 e. The van der Waals surface area contributed by atoms with Crippen LogP contribution in [0.25, 0.3) is 11.5 Å². The number of rotatable bonds is 2. The summed E-state index contributed by atoms with van der Waals surface area (Å²) in [5, 5.41) is 3.40. The van der Waals surface area contributed by atoms with E-state index in [1.54, 1.807) is 6.26 Å². The highest BCUT2D eigenvalue weighted by molar-refractivity contribution is 5.95. The van der Waals surface area contributed by atoms with Gasteiger partial charge in [-0.15, -0.1) is 0 Å². The molecule has 1 amide bonds. The Kier molecular flexibility index (Phi) is 3.22. The summed E-state index contributed by atoms with van der Waals surface area (Å²) in [4.78, 5) is 19.2. The molecule has 2 aliphatic rings. The van der Waals surface area contributed by atoms with Gasteiger partial charge in [0.25, 0.3) is 5.91 Å². The molecule has 1 N–H and O–H groups in total. The van der Waals surface area contributed by atoms with Gasteiger partial charge in [-0.1, -0.05) is 0 Å². The molecule has 0 bridgehead atoms. The van der Waals surface area contributed by atoms with Crippen LogP contribution in [-0.2, 0) is 0 Å². The maximum absolute atomic E-state index is 12.7. The zero-order valence-electron chi connectivity index (χ0n) is 12.6. The summed E-state index contributed by atoms with van der Waals surface area (Å²) >= 11 is 0. The highest BCUT2D eigenvalue weighted by Crippen LogP contribution is 2.28. The van der Waals surface area contributed by atoms with E-state index in [1.165, 1.54) is 0 Å². The molecular weight excluding hydrogens is 278 g/mol. The van der Waals surface area contributed by atoms with Crippen molar-refractivity contribution in [3.63, 3.8) is 0 Å². The molecule has 4 rings (SSSR count). The van der Waals surface area contributed by atoms with E-state index >= 15 is 0 Å². The van der Waals surface area contributed by atoms with Gasteiger partial charge in [0, 0.05) is 26.2 Å². The molecule has 0 aliphatic carbocycles. The van der Waals surface area contributed by atoms with Crippen molar-refractivity contribution in [2.75, 3.05) is 26.2 Å². The molecule has 0 spiro atoms. The van der Waals surface area contributed by atoms with Gasteiger partial charge in [-0.2, -0.15) is 0 Å². The number of nitrogens with zero attached hydrogens (tertiary/aromatic N) is 2. The van der Waals surface area contributed by atoms with Gasteiger partial charge < -0.3 is 14.6 Å². The second-order valence-corrected chi connectivity index (χ2v) is 6.20. The lowest BCUT2D eigenvalue weighted by molar-refractivity contribution is 0.0780. The van der Waals surface area contributed by atoms with Crippen LogP contribution < -0.4 is 5.32 Å². The molecule has 22 heavy (non-hydrogen) atoms. The number of carbonyl (C=O) groups is 1. The van der Waals surface area contributed by atoms with Gasteiger partial charge >= 0.3 is 0 Å². The predicted octanol–water partition coefficient (Wildman–Crippen LogP) is 1.94. The third-order valence-corrected chi connectivity index (χ3v) is 4.77. The van der Waals surface area contributed by atoms with E-state index in [9.17, 15) is 4.79 Å². The first-order valence-corrected chi connectivity index (χ1v) is 7.74. The van der Waals surface area contributed by atoms with Crippen LogP contribution in [0.3, 0.4) is 0 Å². The number of fused-ring (bicyclic) bond motifs is 1. The van der Waals surface area contributed by atoms with Crippen LogP contribution in [0.2, 0.25) is 0 Å². The van der Waals surface area contributed by atoms with E-state index in [2.05, 4.69) is 10.3 Å². The number of likely N-dealkylation sites (tertiary alicyclic amines) is 1. The fraction of sp³-hybridized carbons (Fsp3) is 0.412. The Hall–Kier alpha value is -2.14. The molecular formula is C17H19N3O2. The summed E-state index contributed by atoms with van der Waals surface area (Å²) in [7, 11) is 0. The Morgan fingerprint density at radius 3 is 2.68 bits per heavy atom. The molecule has 5 nitrogen and oxygen atoms in total. The number of pyridine rings is 1. The standard InChI is InChI=1S/C17H19N3O2/c1-11-14(4-5-15(19-11)16-3-2-6-22-16)17(21)20-9-12-7-18-8-13(12)10-20/h2-6,12-13,18H,7-10H2,1H3/t12-,13+. The zero-order chi connectivity index (χ0) is 15.1. The Bertz CT molecular complexity index is 684. The fourth-order valence-electron chi connectivity index (χ4n) is 3.54. The van der Waals surface area contributed by atoms with Crippen LogP contribution in [0.4, 0.5) is 0 Å². The molecule has 0 unspecified atom stereocenters. The van der Waals surface area contributed by atoms with Crippen LogP contribution in [0, 0.1) is 18.8 Å². The first-order valence-electron chi connectivity index (χ1n) is 7.74. The van der Waals surface area contributed by atoms with E-state index < -0.39 is 0 Å². The number of nitrogens with one attached hydrogen (secondary N) is 1. The number of hydrogen-bond acceptors (Lipinski definition) is 4. The van der Waals surface area contributed by atoms with Gasteiger partial charge in [0.2, 0.25) is 0 Å². The Morgan fingerprint density at radius 2 is 2.05 bits per heavy atom. The minimum absolute atomic E-state index is 0.102. The quantitative estimate of drug-likeness (QED) is 0.920. The summed E-state index contributed by atoms with van der Waals surface area (Å²) < 4.78 is 5.36. The van der Waals surface area contributed by atoms with Gasteiger partial charge in [-0.25, -0.2) is 4.98 Å². The van der Waals surface area contributed by atoms with Crippen LogP contribution in [0.1, 0.15) is 16.1 Å². The van der Waals surface area contributed by atoms with E-state index in [0.717, 1.165) is 43.3 Å². The molecule has 0 radical (unpaired) electrons. The second-order valence-electron chi connectivity index (χ2n) is 6.20. The molecule has 114 valence electrons. The first-order chi connectivity index (χ1) is 10.7. The average molecular weight is 297 g/mol. The molecule has 0 aromatic carbocycles. The predicted molar refractivity (Wildman–Crippen MR) is 82.4 cm³/mol. The van der Waals surface area contributed by atoms with E-state index in [-0.39, 0.29) is 5.91 Å². The van der Waals surface area contributed by atoms with Gasteiger partial charge in [-0.05, 0) is 43.0 Å². The number of furan rings is 1. The Morgan fingerprint density at radius 1 is 1.27 bits per heavy atom. The number of amides is 1. The Balaban J connectivity index is 1.56.